The predicted octanol–water partition coefficient (Wildman–Crippen LogP) is 7.85. The lowest BCUT2D eigenvalue weighted by Crippen LogP contribution is -2.45. The Hall–Kier alpha value is -1.97. The molecule has 162 valence electrons. The van der Waals surface area contributed by atoms with Gasteiger partial charge in [-0.3, -0.25) is 0 Å². The van der Waals surface area contributed by atoms with Gasteiger partial charge in [-0.15, -0.1) is 0 Å². The molecule has 0 aliphatic carbocycles. The molecule has 0 unspecified atom stereocenters. The highest BCUT2D eigenvalue weighted by Crippen LogP contribution is 2.43. The van der Waals surface area contributed by atoms with Crippen LogP contribution >= 0.6 is 0 Å². The van der Waals surface area contributed by atoms with Gasteiger partial charge < -0.3 is 8.85 Å². The Kier molecular flexibility index (Phi) is 7.00. The molecule has 0 fully saturated rings. The van der Waals surface area contributed by atoms with Crippen LogP contribution in [0.1, 0.15) is 52.7 Å². The molecule has 0 aromatic heterocycles. The summed E-state index contributed by atoms with van der Waals surface area (Å²) < 4.78 is 13.4. The Balaban J connectivity index is 2.48. The van der Waals surface area contributed by atoms with E-state index in [1.165, 1.54) is 0 Å². The number of hydrogen-bond acceptors (Lipinski definition) is 2. The van der Waals surface area contributed by atoms with Crippen molar-refractivity contribution in [1.29, 1.82) is 0 Å². The lowest BCUT2D eigenvalue weighted by Gasteiger charge is -2.39. The van der Waals surface area contributed by atoms with Crippen LogP contribution in [0.3, 0.4) is 0 Å². The molecule has 0 saturated carbocycles. The van der Waals surface area contributed by atoms with Crippen molar-refractivity contribution >= 4 is 16.6 Å². The molecular formula is C26H38O2Si2. The van der Waals surface area contributed by atoms with E-state index >= 15 is 0 Å². The van der Waals surface area contributed by atoms with Gasteiger partial charge in [0, 0.05) is 11.1 Å². The summed E-state index contributed by atoms with van der Waals surface area (Å²) in [5, 5.41) is 0.222. The average molecular weight is 439 g/mol. The SMILES string of the molecule is CC(C)(C)[Si](C)(C)Oc1ccc(C#Cc2ccccc2)cc1O[Si](C)(C)C(C)(C)C. The summed E-state index contributed by atoms with van der Waals surface area (Å²) in [6.07, 6.45) is 0. The van der Waals surface area contributed by atoms with E-state index in [-0.39, 0.29) is 10.1 Å². The maximum absolute atomic E-state index is 6.72. The Morgan fingerprint density at radius 2 is 1.07 bits per heavy atom. The fraction of sp³-hybridized carbons (Fsp3) is 0.462. The molecule has 0 atom stereocenters. The Morgan fingerprint density at radius 3 is 1.57 bits per heavy atom. The Morgan fingerprint density at radius 1 is 0.600 bits per heavy atom. The quantitative estimate of drug-likeness (QED) is 0.357. The minimum Gasteiger partial charge on any atom is -0.541 e. The fourth-order valence-electron chi connectivity index (χ4n) is 2.27. The first-order valence-corrected chi connectivity index (χ1v) is 16.5. The van der Waals surface area contributed by atoms with E-state index in [0.717, 1.165) is 22.6 Å². The van der Waals surface area contributed by atoms with Crippen LogP contribution in [-0.4, -0.2) is 16.6 Å². The van der Waals surface area contributed by atoms with Crippen LogP contribution in [0.25, 0.3) is 0 Å². The summed E-state index contributed by atoms with van der Waals surface area (Å²) >= 11 is 0. The smallest absolute Gasteiger partial charge is 0.250 e. The topological polar surface area (TPSA) is 18.5 Å². The molecule has 30 heavy (non-hydrogen) atoms. The molecule has 0 radical (unpaired) electrons. The van der Waals surface area contributed by atoms with Gasteiger partial charge in [-0.1, -0.05) is 71.6 Å². The number of rotatable bonds is 4. The minimum absolute atomic E-state index is 0.104. The molecule has 2 rings (SSSR count). The van der Waals surface area contributed by atoms with Gasteiger partial charge >= 0.3 is 0 Å². The molecule has 0 aliphatic rings. The van der Waals surface area contributed by atoms with Crippen LogP contribution in [-0.2, 0) is 0 Å². The van der Waals surface area contributed by atoms with Crippen molar-refractivity contribution in [1.82, 2.24) is 0 Å². The molecule has 0 heterocycles. The second kappa shape index (κ2) is 8.65. The molecule has 0 aliphatic heterocycles. The van der Waals surface area contributed by atoms with Gasteiger partial charge in [0.05, 0.1) is 0 Å². The molecule has 2 aromatic carbocycles. The highest BCUT2D eigenvalue weighted by atomic mass is 28.4. The Bertz CT molecular complexity index is 921. The zero-order chi connectivity index (χ0) is 22.8. The Labute approximate surface area is 186 Å². The summed E-state index contributed by atoms with van der Waals surface area (Å²) in [5.41, 5.74) is 1.95. The van der Waals surface area contributed by atoms with Gasteiger partial charge in [0.25, 0.3) is 16.6 Å². The van der Waals surface area contributed by atoms with Crippen molar-refractivity contribution in [2.45, 2.75) is 77.8 Å². The zero-order valence-corrected chi connectivity index (χ0v) is 22.4. The van der Waals surface area contributed by atoms with Crippen LogP contribution in [0.2, 0.25) is 36.3 Å². The fourth-order valence-corrected chi connectivity index (χ4v) is 4.31. The van der Waals surface area contributed by atoms with Crippen molar-refractivity contribution in [3.05, 3.63) is 59.7 Å². The molecule has 2 aromatic rings. The van der Waals surface area contributed by atoms with Gasteiger partial charge in [-0.05, 0) is 66.6 Å². The first-order chi connectivity index (χ1) is 13.6. The summed E-state index contributed by atoms with van der Waals surface area (Å²) in [6, 6.07) is 16.2. The van der Waals surface area contributed by atoms with Gasteiger partial charge in [-0.25, -0.2) is 0 Å². The lowest BCUT2D eigenvalue weighted by atomic mass is 10.1. The number of benzene rings is 2. The van der Waals surface area contributed by atoms with Crippen molar-refractivity contribution in [3.63, 3.8) is 0 Å². The van der Waals surface area contributed by atoms with Gasteiger partial charge in [0.15, 0.2) is 0 Å². The van der Waals surface area contributed by atoms with Crippen LogP contribution in [0.4, 0.5) is 0 Å². The monoisotopic (exact) mass is 438 g/mol. The van der Waals surface area contributed by atoms with E-state index in [0.29, 0.717) is 0 Å². The van der Waals surface area contributed by atoms with E-state index in [4.69, 9.17) is 8.85 Å². The van der Waals surface area contributed by atoms with Crippen LogP contribution in [0.5, 0.6) is 11.5 Å². The normalized spacial score (nSPS) is 12.7. The maximum Gasteiger partial charge on any atom is 0.250 e. The first kappa shape index (κ1) is 24.3. The molecule has 2 nitrogen and oxygen atoms in total. The first-order valence-electron chi connectivity index (χ1n) is 10.7. The minimum atomic E-state index is -2.02. The third-order valence-corrected chi connectivity index (χ3v) is 15.1. The largest absolute Gasteiger partial charge is 0.541 e. The van der Waals surface area contributed by atoms with E-state index in [1.54, 1.807) is 0 Å². The summed E-state index contributed by atoms with van der Waals surface area (Å²) in [5.74, 6) is 8.20. The molecule has 0 spiro atoms. The van der Waals surface area contributed by atoms with Gasteiger partial charge in [0.1, 0.15) is 11.5 Å². The standard InChI is InChI=1S/C26H38O2Si2/c1-25(2,3)29(7,8)27-23-19-18-22(17-16-21-14-12-11-13-15-21)20-24(23)28-30(9,10)26(4,5)6/h11-15,18-20H,1-10H3. The summed E-state index contributed by atoms with van der Waals surface area (Å²) in [4.78, 5) is 0. The highest BCUT2D eigenvalue weighted by Gasteiger charge is 2.42. The third kappa shape index (κ3) is 6.03. The average Bonchev–Trinajstić information content (AvgIpc) is 2.60. The zero-order valence-electron chi connectivity index (χ0n) is 20.4. The van der Waals surface area contributed by atoms with E-state index in [2.05, 4.69) is 85.6 Å². The summed E-state index contributed by atoms with van der Waals surface area (Å²) in [6.45, 7) is 22.6. The molecule has 0 N–H and O–H groups in total. The van der Waals surface area contributed by atoms with Crippen LogP contribution < -0.4 is 8.85 Å². The van der Waals surface area contributed by atoms with Gasteiger partial charge in [0.2, 0.25) is 0 Å². The van der Waals surface area contributed by atoms with Gasteiger partial charge in [-0.2, -0.15) is 0 Å². The van der Waals surface area contributed by atoms with Crippen LogP contribution in [0.15, 0.2) is 48.5 Å². The maximum atomic E-state index is 6.72. The third-order valence-electron chi connectivity index (χ3n) is 6.41. The van der Waals surface area contributed by atoms with Crippen molar-refractivity contribution in [2.24, 2.45) is 0 Å². The van der Waals surface area contributed by atoms with Crippen molar-refractivity contribution in [3.8, 4) is 23.3 Å². The summed E-state index contributed by atoms with van der Waals surface area (Å²) in [7, 11) is -4.01. The van der Waals surface area contributed by atoms with E-state index in [9.17, 15) is 0 Å². The molecule has 4 heteroatoms. The number of hydrogen-bond donors (Lipinski definition) is 0. The second-order valence-corrected chi connectivity index (χ2v) is 20.5. The van der Waals surface area contributed by atoms with E-state index in [1.807, 2.05) is 42.5 Å². The predicted molar refractivity (Wildman–Crippen MR) is 135 cm³/mol. The lowest BCUT2D eigenvalue weighted by molar-refractivity contribution is 0.440. The molecule has 0 bridgehead atoms. The van der Waals surface area contributed by atoms with Crippen molar-refractivity contribution in [2.75, 3.05) is 0 Å². The highest BCUT2D eigenvalue weighted by molar-refractivity contribution is 6.75. The van der Waals surface area contributed by atoms with E-state index < -0.39 is 16.6 Å². The molecule has 0 amide bonds. The van der Waals surface area contributed by atoms with Crippen molar-refractivity contribution < 1.29 is 8.85 Å². The molecule has 0 saturated heterocycles. The molecular weight excluding hydrogens is 400 g/mol. The van der Waals surface area contributed by atoms with Crippen LogP contribution in [0, 0.1) is 11.8 Å². The second-order valence-electron chi connectivity index (χ2n) is 11.0.